The molecule has 0 spiro atoms. The summed E-state index contributed by atoms with van der Waals surface area (Å²) in [7, 11) is 0. The topological polar surface area (TPSA) is 52.6 Å². The summed E-state index contributed by atoms with van der Waals surface area (Å²) in [6.45, 7) is 4.21. The molecular weight excluding hydrogens is 376 g/mol. The Morgan fingerprint density at radius 2 is 1.43 bits per heavy atom. The molecule has 0 aromatic heterocycles. The summed E-state index contributed by atoms with van der Waals surface area (Å²) in [5.41, 5.74) is 1.52. The number of carbonyl (C=O) groups is 2. The van der Waals surface area contributed by atoms with Gasteiger partial charge in [0, 0.05) is 0 Å². The van der Waals surface area contributed by atoms with Crippen molar-refractivity contribution in [1.82, 2.24) is 0 Å². The molecule has 0 N–H and O–H groups in total. The van der Waals surface area contributed by atoms with Gasteiger partial charge in [-0.25, -0.2) is 4.79 Å². The van der Waals surface area contributed by atoms with Crippen molar-refractivity contribution in [2.75, 3.05) is 0 Å². The maximum atomic E-state index is 12.5. The van der Waals surface area contributed by atoms with Crippen LogP contribution in [0.4, 0.5) is 0 Å². The molecule has 0 atom stereocenters. The third-order valence-electron chi connectivity index (χ3n) is 5.94. The lowest BCUT2D eigenvalue weighted by atomic mass is 9.80. The van der Waals surface area contributed by atoms with E-state index in [1.54, 1.807) is 36.4 Å². The van der Waals surface area contributed by atoms with Crippen LogP contribution in [0.1, 0.15) is 74.2 Å². The average molecular weight is 409 g/mol. The summed E-state index contributed by atoms with van der Waals surface area (Å²) in [6, 6.07) is 13.9. The van der Waals surface area contributed by atoms with E-state index in [1.165, 1.54) is 25.7 Å². The van der Waals surface area contributed by atoms with Crippen molar-refractivity contribution in [2.24, 2.45) is 11.8 Å². The number of carbonyl (C=O) groups excluding carboxylic acids is 2. The third kappa shape index (κ3) is 6.45. The van der Waals surface area contributed by atoms with E-state index in [2.05, 4.69) is 6.92 Å². The molecule has 160 valence electrons. The van der Waals surface area contributed by atoms with Crippen LogP contribution in [-0.4, -0.2) is 11.9 Å². The third-order valence-corrected chi connectivity index (χ3v) is 5.94. The van der Waals surface area contributed by atoms with Crippen LogP contribution in [0.15, 0.2) is 48.5 Å². The largest absolute Gasteiger partial charge is 0.426 e. The van der Waals surface area contributed by atoms with Crippen molar-refractivity contribution in [1.29, 1.82) is 0 Å². The maximum Gasteiger partial charge on any atom is 0.343 e. The molecule has 30 heavy (non-hydrogen) atoms. The van der Waals surface area contributed by atoms with Gasteiger partial charge in [0.2, 0.25) is 0 Å². The van der Waals surface area contributed by atoms with Gasteiger partial charge in [-0.1, -0.05) is 50.3 Å². The highest BCUT2D eigenvalue weighted by atomic mass is 16.5. The minimum atomic E-state index is -0.432. The van der Waals surface area contributed by atoms with E-state index in [0.717, 1.165) is 37.2 Å². The predicted octanol–water partition coefficient (Wildman–Crippen LogP) is 6.51. The first kappa shape index (κ1) is 22.1. The first-order chi connectivity index (χ1) is 14.5. The van der Waals surface area contributed by atoms with Crippen molar-refractivity contribution in [2.45, 2.75) is 65.2 Å². The van der Waals surface area contributed by atoms with Gasteiger partial charge in [0.25, 0.3) is 0 Å². The van der Waals surface area contributed by atoms with Crippen molar-refractivity contribution >= 4 is 11.9 Å². The van der Waals surface area contributed by atoms with Gasteiger partial charge in [-0.3, -0.25) is 4.79 Å². The van der Waals surface area contributed by atoms with Gasteiger partial charge < -0.3 is 9.47 Å². The molecule has 4 heteroatoms. The van der Waals surface area contributed by atoms with Crippen LogP contribution in [0.5, 0.6) is 11.5 Å². The fourth-order valence-corrected chi connectivity index (χ4v) is 4.00. The highest BCUT2D eigenvalue weighted by Gasteiger charge is 2.27. The Morgan fingerprint density at radius 3 is 2.07 bits per heavy atom. The summed E-state index contributed by atoms with van der Waals surface area (Å²) >= 11 is 0. The summed E-state index contributed by atoms with van der Waals surface area (Å²) in [5.74, 6) is 1.14. The number of aryl methyl sites for hydroxylation is 1. The highest BCUT2D eigenvalue weighted by Crippen LogP contribution is 2.33. The summed E-state index contributed by atoms with van der Waals surface area (Å²) < 4.78 is 10.9. The standard InChI is InChI=1S/C26H32O4/c1-3-4-5-6-20-9-11-21(12-10-20)25(27)30-24-17-13-22(14-18-24)26(28)29-23-15-7-19(2)8-16-23/h7-8,13-18,20-21H,3-6,9-12H2,1-2H3. The Kier molecular flexibility index (Phi) is 8.06. The number of hydrogen-bond donors (Lipinski definition) is 0. The zero-order valence-corrected chi connectivity index (χ0v) is 18.1. The van der Waals surface area contributed by atoms with Crippen LogP contribution in [0, 0.1) is 18.8 Å². The first-order valence-corrected chi connectivity index (χ1v) is 11.2. The summed E-state index contributed by atoms with van der Waals surface area (Å²) in [6.07, 6.45) is 9.21. The van der Waals surface area contributed by atoms with Gasteiger partial charge >= 0.3 is 11.9 Å². The molecule has 0 aliphatic heterocycles. The van der Waals surface area contributed by atoms with Gasteiger partial charge in [0.1, 0.15) is 11.5 Å². The van der Waals surface area contributed by atoms with Crippen LogP contribution in [0.2, 0.25) is 0 Å². The van der Waals surface area contributed by atoms with Crippen LogP contribution in [0.25, 0.3) is 0 Å². The minimum absolute atomic E-state index is 0.0152. The number of esters is 2. The van der Waals surface area contributed by atoms with Crippen LogP contribution in [-0.2, 0) is 4.79 Å². The van der Waals surface area contributed by atoms with Gasteiger partial charge in [-0.15, -0.1) is 0 Å². The lowest BCUT2D eigenvalue weighted by Gasteiger charge is -2.27. The zero-order chi connectivity index (χ0) is 21.3. The number of benzene rings is 2. The molecule has 1 fully saturated rings. The van der Waals surface area contributed by atoms with Gasteiger partial charge in [-0.2, -0.15) is 0 Å². The molecule has 0 unspecified atom stereocenters. The van der Waals surface area contributed by atoms with Crippen LogP contribution in [0.3, 0.4) is 0 Å². The normalized spacial score (nSPS) is 18.6. The quantitative estimate of drug-likeness (QED) is 0.284. The maximum absolute atomic E-state index is 12.5. The number of ether oxygens (including phenoxy) is 2. The SMILES string of the molecule is CCCCCC1CCC(C(=O)Oc2ccc(C(=O)Oc3ccc(C)cc3)cc2)CC1. The lowest BCUT2D eigenvalue weighted by Crippen LogP contribution is -2.25. The molecule has 1 saturated carbocycles. The fraction of sp³-hybridized carbons (Fsp3) is 0.462. The monoisotopic (exact) mass is 408 g/mol. The van der Waals surface area contributed by atoms with E-state index < -0.39 is 5.97 Å². The van der Waals surface area contributed by atoms with E-state index in [-0.39, 0.29) is 11.9 Å². The summed E-state index contributed by atoms with van der Waals surface area (Å²) in [4.78, 5) is 24.8. The Hall–Kier alpha value is -2.62. The molecule has 0 amide bonds. The van der Waals surface area contributed by atoms with Crippen molar-refractivity contribution in [3.05, 3.63) is 59.7 Å². The van der Waals surface area contributed by atoms with E-state index in [0.29, 0.717) is 17.1 Å². The van der Waals surface area contributed by atoms with Crippen molar-refractivity contribution in [3.63, 3.8) is 0 Å². The van der Waals surface area contributed by atoms with E-state index in [9.17, 15) is 9.59 Å². The Labute approximate surface area is 179 Å². The smallest absolute Gasteiger partial charge is 0.343 e. The molecule has 0 saturated heterocycles. The average Bonchev–Trinajstić information content (AvgIpc) is 2.76. The number of rotatable bonds is 8. The van der Waals surface area contributed by atoms with E-state index >= 15 is 0 Å². The molecule has 4 nitrogen and oxygen atoms in total. The molecule has 1 aliphatic carbocycles. The fourth-order valence-electron chi connectivity index (χ4n) is 4.00. The Bertz CT molecular complexity index is 815. The van der Waals surface area contributed by atoms with Gasteiger partial charge in [-0.05, 0) is 74.9 Å². The van der Waals surface area contributed by atoms with Crippen molar-refractivity contribution < 1.29 is 19.1 Å². The minimum Gasteiger partial charge on any atom is -0.426 e. The zero-order valence-electron chi connectivity index (χ0n) is 18.1. The first-order valence-electron chi connectivity index (χ1n) is 11.2. The molecule has 1 aliphatic rings. The second-order valence-electron chi connectivity index (χ2n) is 8.36. The second-order valence-corrected chi connectivity index (χ2v) is 8.36. The van der Waals surface area contributed by atoms with Gasteiger partial charge in [0.15, 0.2) is 0 Å². The molecule has 0 radical (unpaired) electrons. The van der Waals surface area contributed by atoms with Gasteiger partial charge in [0.05, 0.1) is 11.5 Å². The van der Waals surface area contributed by atoms with Crippen molar-refractivity contribution in [3.8, 4) is 11.5 Å². The number of hydrogen-bond acceptors (Lipinski definition) is 4. The second kappa shape index (κ2) is 11.0. The molecule has 2 aromatic carbocycles. The van der Waals surface area contributed by atoms with E-state index in [1.807, 2.05) is 19.1 Å². The lowest BCUT2D eigenvalue weighted by molar-refractivity contribution is -0.140. The highest BCUT2D eigenvalue weighted by molar-refractivity contribution is 5.91. The number of unbranched alkanes of at least 4 members (excludes halogenated alkanes) is 2. The molecule has 0 bridgehead atoms. The molecular formula is C26H32O4. The Morgan fingerprint density at radius 1 is 0.833 bits per heavy atom. The van der Waals surface area contributed by atoms with Crippen LogP contribution < -0.4 is 9.47 Å². The summed E-state index contributed by atoms with van der Waals surface area (Å²) in [5, 5.41) is 0. The molecule has 2 aromatic rings. The molecule has 0 heterocycles. The van der Waals surface area contributed by atoms with Crippen LogP contribution >= 0.6 is 0 Å². The Balaban J connectivity index is 1.46. The molecule has 3 rings (SSSR count). The predicted molar refractivity (Wildman–Crippen MR) is 118 cm³/mol. The van der Waals surface area contributed by atoms with E-state index in [4.69, 9.17) is 9.47 Å².